The predicted octanol–water partition coefficient (Wildman–Crippen LogP) is 4.29. The van der Waals surface area contributed by atoms with Gasteiger partial charge >= 0.3 is 0 Å². The van der Waals surface area contributed by atoms with Crippen molar-refractivity contribution in [3.8, 4) is 0 Å². The molecule has 162 valence electrons. The molecule has 0 aliphatic carbocycles. The summed E-state index contributed by atoms with van der Waals surface area (Å²) in [6.07, 6.45) is -1.26. The van der Waals surface area contributed by atoms with Crippen molar-refractivity contribution in [1.82, 2.24) is 0 Å². The van der Waals surface area contributed by atoms with E-state index in [0.29, 0.717) is 13.2 Å². The van der Waals surface area contributed by atoms with Gasteiger partial charge in [0.15, 0.2) is 12.6 Å². The lowest BCUT2D eigenvalue weighted by Crippen LogP contribution is -2.62. The van der Waals surface area contributed by atoms with Gasteiger partial charge in [0.25, 0.3) is 0 Å². The first kappa shape index (κ1) is 21.5. The van der Waals surface area contributed by atoms with Crippen LogP contribution in [0.3, 0.4) is 0 Å². The van der Waals surface area contributed by atoms with Crippen LogP contribution in [0.5, 0.6) is 0 Å². The monoisotopic (exact) mass is 423 g/mol. The minimum Gasteiger partial charge on any atom is -0.370 e. The van der Waals surface area contributed by atoms with Crippen molar-refractivity contribution in [3.63, 3.8) is 0 Å². The highest BCUT2D eigenvalue weighted by Crippen LogP contribution is 2.37. The van der Waals surface area contributed by atoms with E-state index in [1.807, 2.05) is 60.7 Å². The molecule has 0 spiro atoms. The van der Waals surface area contributed by atoms with Crippen molar-refractivity contribution >= 4 is 0 Å². The Hall–Kier alpha value is -2.71. The van der Waals surface area contributed by atoms with Gasteiger partial charge in [-0.15, -0.1) is 6.58 Å². The molecule has 2 aliphatic rings. The fraction of sp³-hybridized carbons (Fsp3) is 0.391. The zero-order valence-corrected chi connectivity index (χ0v) is 17.0. The number of fused-ring (bicyclic) bond motifs is 1. The van der Waals surface area contributed by atoms with Gasteiger partial charge in [-0.3, -0.25) is 0 Å². The molecular formula is C23H25N3O5. The molecule has 8 heteroatoms. The SMILES string of the molecule is C=CCO[C@H]1O[C@@H]2CO[C@@H](c3ccccc3)O[C@H]2[C@H](OCc2ccccc2)[C@H]1N=[N+]=[N-]. The molecular weight excluding hydrogens is 398 g/mol. The number of nitrogens with zero attached hydrogens (tertiary/aromatic N) is 3. The summed E-state index contributed by atoms with van der Waals surface area (Å²) in [6.45, 7) is 4.55. The van der Waals surface area contributed by atoms with Crippen LogP contribution in [0.1, 0.15) is 17.4 Å². The Balaban J connectivity index is 1.59. The lowest BCUT2D eigenvalue weighted by atomic mass is 9.96. The number of hydrogen-bond acceptors (Lipinski definition) is 6. The smallest absolute Gasteiger partial charge is 0.184 e. The van der Waals surface area contributed by atoms with E-state index in [-0.39, 0.29) is 6.61 Å². The maximum absolute atomic E-state index is 9.20. The molecule has 0 N–H and O–H groups in total. The molecule has 31 heavy (non-hydrogen) atoms. The fourth-order valence-electron chi connectivity index (χ4n) is 3.78. The zero-order chi connectivity index (χ0) is 21.5. The molecule has 6 atom stereocenters. The van der Waals surface area contributed by atoms with E-state index in [1.54, 1.807) is 6.08 Å². The second-order valence-electron chi connectivity index (χ2n) is 7.30. The van der Waals surface area contributed by atoms with Gasteiger partial charge < -0.3 is 23.7 Å². The third-order valence-electron chi connectivity index (χ3n) is 5.23. The van der Waals surface area contributed by atoms with E-state index < -0.39 is 36.9 Å². The molecule has 2 fully saturated rings. The quantitative estimate of drug-likeness (QED) is 0.273. The van der Waals surface area contributed by atoms with Crippen molar-refractivity contribution in [2.75, 3.05) is 13.2 Å². The van der Waals surface area contributed by atoms with Gasteiger partial charge in [0.05, 0.1) is 19.8 Å². The minimum atomic E-state index is -0.795. The number of benzene rings is 2. The molecule has 2 aromatic carbocycles. The van der Waals surface area contributed by atoms with E-state index in [4.69, 9.17) is 23.7 Å². The number of hydrogen-bond donors (Lipinski definition) is 0. The molecule has 0 saturated carbocycles. The lowest BCUT2D eigenvalue weighted by Gasteiger charge is -2.48. The van der Waals surface area contributed by atoms with Crippen LogP contribution in [0.4, 0.5) is 0 Å². The Morgan fingerprint density at radius 1 is 1.06 bits per heavy atom. The zero-order valence-electron chi connectivity index (χ0n) is 17.0. The van der Waals surface area contributed by atoms with Crippen LogP contribution >= 0.6 is 0 Å². The van der Waals surface area contributed by atoms with Crippen LogP contribution in [0, 0.1) is 0 Å². The molecule has 8 nitrogen and oxygen atoms in total. The molecule has 4 rings (SSSR count). The van der Waals surface area contributed by atoms with Gasteiger partial charge in [0.2, 0.25) is 0 Å². The lowest BCUT2D eigenvalue weighted by molar-refractivity contribution is -0.346. The first-order chi connectivity index (χ1) is 15.3. The topological polar surface area (TPSA) is 94.9 Å². The molecule has 0 aromatic heterocycles. The van der Waals surface area contributed by atoms with E-state index >= 15 is 0 Å². The van der Waals surface area contributed by atoms with Gasteiger partial charge in [-0.05, 0) is 11.1 Å². The van der Waals surface area contributed by atoms with Crippen LogP contribution in [0.25, 0.3) is 10.4 Å². The van der Waals surface area contributed by atoms with Crippen LogP contribution in [-0.2, 0) is 30.3 Å². The standard InChI is InChI=1S/C23H25N3O5/c1-2-13-27-23-19(25-26-24)21(28-14-16-9-5-3-6-10-16)20-18(30-23)15-29-22(31-20)17-11-7-4-8-12-17/h2-12,18-23H,1,13-15H2/t18-,19-,20-,21-,22-,23+/m1/s1. The van der Waals surface area contributed by atoms with Crippen molar-refractivity contribution < 1.29 is 23.7 Å². The van der Waals surface area contributed by atoms with Crippen molar-refractivity contribution in [1.29, 1.82) is 0 Å². The van der Waals surface area contributed by atoms with Crippen molar-refractivity contribution in [2.24, 2.45) is 5.11 Å². The Morgan fingerprint density at radius 2 is 1.81 bits per heavy atom. The average Bonchev–Trinajstić information content (AvgIpc) is 2.83. The summed E-state index contributed by atoms with van der Waals surface area (Å²) in [6, 6.07) is 18.7. The Morgan fingerprint density at radius 3 is 2.52 bits per heavy atom. The van der Waals surface area contributed by atoms with E-state index in [9.17, 15) is 5.53 Å². The van der Waals surface area contributed by atoms with Gasteiger partial charge in [-0.25, -0.2) is 0 Å². The highest BCUT2D eigenvalue weighted by atomic mass is 16.7. The Kier molecular flexibility index (Phi) is 7.32. The predicted molar refractivity (Wildman–Crippen MR) is 113 cm³/mol. The first-order valence-electron chi connectivity index (χ1n) is 10.2. The summed E-state index contributed by atoms with van der Waals surface area (Å²) >= 11 is 0. The Bertz CT molecular complexity index is 891. The third kappa shape index (κ3) is 5.14. The second kappa shape index (κ2) is 10.5. The van der Waals surface area contributed by atoms with Gasteiger partial charge in [-0.2, -0.15) is 0 Å². The van der Waals surface area contributed by atoms with Gasteiger partial charge in [0.1, 0.15) is 24.4 Å². The van der Waals surface area contributed by atoms with E-state index in [0.717, 1.165) is 11.1 Å². The minimum absolute atomic E-state index is 0.249. The molecule has 0 bridgehead atoms. The summed E-state index contributed by atoms with van der Waals surface area (Å²) < 4.78 is 30.3. The summed E-state index contributed by atoms with van der Waals surface area (Å²) in [5.74, 6) is 0. The Labute approximate surface area is 181 Å². The second-order valence-corrected chi connectivity index (χ2v) is 7.30. The summed E-state index contributed by atoms with van der Waals surface area (Å²) in [5, 5.41) is 3.95. The average molecular weight is 423 g/mol. The summed E-state index contributed by atoms with van der Waals surface area (Å²) in [5.41, 5.74) is 11.1. The van der Waals surface area contributed by atoms with Crippen molar-refractivity contribution in [3.05, 3.63) is 94.9 Å². The number of azide groups is 1. The molecule has 2 saturated heterocycles. The highest BCUT2D eigenvalue weighted by Gasteiger charge is 2.50. The summed E-state index contributed by atoms with van der Waals surface area (Å²) in [7, 11) is 0. The largest absolute Gasteiger partial charge is 0.370 e. The fourth-order valence-corrected chi connectivity index (χ4v) is 3.78. The van der Waals surface area contributed by atoms with E-state index in [1.165, 1.54) is 0 Å². The molecule has 0 radical (unpaired) electrons. The van der Waals surface area contributed by atoms with Crippen LogP contribution in [0.2, 0.25) is 0 Å². The van der Waals surface area contributed by atoms with E-state index in [2.05, 4.69) is 16.6 Å². The maximum Gasteiger partial charge on any atom is 0.184 e. The molecule has 2 aromatic rings. The first-order valence-corrected chi connectivity index (χ1v) is 10.2. The molecule has 2 heterocycles. The van der Waals surface area contributed by atoms with Crippen LogP contribution in [0.15, 0.2) is 78.4 Å². The third-order valence-corrected chi connectivity index (χ3v) is 5.23. The maximum atomic E-state index is 9.20. The number of ether oxygens (including phenoxy) is 5. The van der Waals surface area contributed by atoms with Gasteiger partial charge in [0, 0.05) is 10.5 Å². The number of rotatable bonds is 8. The van der Waals surface area contributed by atoms with Crippen LogP contribution < -0.4 is 0 Å². The molecule has 2 aliphatic heterocycles. The highest BCUT2D eigenvalue weighted by molar-refractivity contribution is 5.17. The summed E-state index contributed by atoms with van der Waals surface area (Å²) in [4.78, 5) is 3.01. The van der Waals surface area contributed by atoms with Crippen molar-refractivity contribution in [2.45, 2.75) is 43.5 Å². The molecule has 0 unspecified atom stereocenters. The normalized spacial score (nSPS) is 30.1. The van der Waals surface area contributed by atoms with Crippen LogP contribution in [-0.4, -0.2) is 43.9 Å². The van der Waals surface area contributed by atoms with Gasteiger partial charge in [-0.1, -0.05) is 71.9 Å². The molecule has 0 amide bonds.